The molecule has 1 rings (SSSR count). The van der Waals surface area contributed by atoms with Crippen molar-refractivity contribution in [2.75, 3.05) is 6.61 Å². The fourth-order valence-electron chi connectivity index (χ4n) is 0.901. The third kappa shape index (κ3) is 4.03. The third-order valence-electron chi connectivity index (χ3n) is 1.45. The van der Waals surface area contributed by atoms with Gasteiger partial charge in [-0.3, -0.25) is 0 Å². The van der Waals surface area contributed by atoms with E-state index in [1.807, 2.05) is 0 Å². The lowest BCUT2D eigenvalue weighted by Crippen LogP contribution is -2.17. The minimum Gasteiger partial charge on any atom is -0.481 e. The van der Waals surface area contributed by atoms with Gasteiger partial charge in [-0.15, -0.1) is 19.6 Å². The normalized spacial score (nSPS) is 10.7. The minimum absolute atomic E-state index is 0.0207. The summed E-state index contributed by atoms with van der Waals surface area (Å²) in [4.78, 5) is 0. The molecule has 0 aliphatic carbocycles. The highest BCUT2D eigenvalue weighted by Crippen LogP contribution is 2.33. The first kappa shape index (κ1) is 12.7. The number of ether oxygens (including phenoxy) is 2. The molecule has 0 amide bonds. The van der Waals surface area contributed by atoms with Crippen LogP contribution in [0.1, 0.15) is 0 Å². The molecule has 0 N–H and O–H groups in total. The molecule has 0 saturated heterocycles. The predicted molar refractivity (Wildman–Crippen MR) is 55.2 cm³/mol. The van der Waals surface area contributed by atoms with Gasteiger partial charge in [0.25, 0.3) is 0 Å². The van der Waals surface area contributed by atoms with Crippen LogP contribution >= 0.6 is 15.9 Å². The molecule has 6 heteroatoms. The number of rotatable bonds is 3. The van der Waals surface area contributed by atoms with Gasteiger partial charge in [0.1, 0.15) is 18.1 Å². The molecule has 0 aliphatic heterocycles. The lowest BCUT2D eigenvalue weighted by Gasteiger charge is -2.11. The van der Waals surface area contributed by atoms with Crippen molar-refractivity contribution in [3.8, 4) is 23.8 Å². The third-order valence-corrected chi connectivity index (χ3v) is 2.11. The van der Waals surface area contributed by atoms with Crippen LogP contribution in [-0.4, -0.2) is 13.0 Å². The summed E-state index contributed by atoms with van der Waals surface area (Å²) in [5.41, 5.74) is 0. The number of benzene rings is 1. The number of terminal acetylenes is 1. The van der Waals surface area contributed by atoms with Crippen LogP contribution in [0.5, 0.6) is 11.5 Å². The molecule has 0 aliphatic rings. The Kier molecular flexibility index (Phi) is 4.07. The molecule has 86 valence electrons. The van der Waals surface area contributed by atoms with E-state index >= 15 is 0 Å². The summed E-state index contributed by atoms with van der Waals surface area (Å²) in [5, 5.41) is 0. The van der Waals surface area contributed by atoms with Gasteiger partial charge in [0.15, 0.2) is 0 Å². The van der Waals surface area contributed by atoms with Gasteiger partial charge >= 0.3 is 6.36 Å². The van der Waals surface area contributed by atoms with Gasteiger partial charge in [0, 0.05) is 6.07 Å². The van der Waals surface area contributed by atoms with Gasteiger partial charge in [0.05, 0.1) is 4.47 Å². The summed E-state index contributed by atoms with van der Waals surface area (Å²) in [7, 11) is 0. The molecular formula is C10H6BrF3O2. The Morgan fingerprint density at radius 2 is 2.06 bits per heavy atom. The highest BCUT2D eigenvalue weighted by molar-refractivity contribution is 9.10. The Labute approximate surface area is 98.5 Å². The van der Waals surface area contributed by atoms with Crippen molar-refractivity contribution in [3.63, 3.8) is 0 Å². The summed E-state index contributed by atoms with van der Waals surface area (Å²) in [6, 6.07) is 3.96. The lowest BCUT2D eigenvalue weighted by molar-refractivity contribution is -0.274. The molecule has 0 bridgehead atoms. The lowest BCUT2D eigenvalue weighted by atomic mass is 10.3. The largest absolute Gasteiger partial charge is 0.573 e. The van der Waals surface area contributed by atoms with Gasteiger partial charge in [-0.2, -0.15) is 0 Å². The van der Waals surface area contributed by atoms with Crippen molar-refractivity contribution in [2.45, 2.75) is 6.36 Å². The van der Waals surface area contributed by atoms with Crippen molar-refractivity contribution >= 4 is 15.9 Å². The molecule has 1 aromatic rings. The average Bonchev–Trinajstić information content (AvgIpc) is 2.17. The zero-order chi connectivity index (χ0) is 12.2. The Morgan fingerprint density at radius 3 is 2.62 bits per heavy atom. The Hall–Kier alpha value is -1.35. The SMILES string of the molecule is C#CCOc1ccc(Br)c(OC(F)(F)F)c1. The molecule has 0 aromatic heterocycles. The fourth-order valence-corrected chi connectivity index (χ4v) is 1.23. The van der Waals surface area contributed by atoms with E-state index in [2.05, 4.69) is 26.6 Å². The zero-order valence-corrected chi connectivity index (χ0v) is 9.43. The molecule has 0 atom stereocenters. The van der Waals surface area contributed by atoms with E-state index in [1.54, 1.807) is 0 Å². The summed E-state index contributed by atoms with van der Waals surface area (Å²) in [6.45, 7) is -0.0207. The zero-order valence-electron chi connectivity index (χ0n) is 7.84. The van der Waals surface area contributed by atoms with E-state index in [4.69, 9.17) is 11.2 Å². The molecule has 2 nitrogen and oxygen atoms in total. The van der Waals surface area contributed by atoms with Crippen LogP contribution in [0.25, 0.3) is 0 Å². The molecular weight excluding hydrogens is 289 g/mol. The highest BCUT2D eigenvalue weighted by atomic mass is 79.9. The van der Waals surface area contributed by atoms with Crippen LogP contribution in [0.3, 0.4) is 0 Å². The van der Waals surface area contributed by atoms with E-state index in [0.29, 0.717) is 0 Å². The number of hydrogen-bond donors (Lipinski definition) is 0. The maximum absolute atomic E-state index is 12.0. The van der Waals surface area contributed by atoms with Crippen LogP contribution in [0.4, 0.5) is 13.2 Å². The number of alkyl halides is 3. The Balaban J connectivity index is 2.87. The molecule has 1 aromatic carbocycles. The Morgan fingerprint density at radius 1 is 1.38 bits per heavy atom. The summed E-state index contributed by atoms with van der Waals surface area (Å²) in [6.07, 6.45) is 0.208. The average molecular weight is 295 g/mol. The summed E-state index contributed by atoms with van der Waals surface area (Å²) < 4.78 is 44.9. The molecule has 0 radical (unpaired) electrons. The first-order valence-electron chi connectivity index (χ1n) is 4.04. The first-order valence-corrected chi connectivity index (χ1v) is 4.83. The maximum Gasteiger partial charge on any atom is 0.573 e. The summed E-state index contributed by atoms with van der Waals surface area (Å²) in [5.74, 6) is 2.04. The van der Waals surface area contributed by atoms with Crippen molar-refractivity contribution in [3.05, 3.63) is 22.7 Å². The van der Waals surface area contributed by atoms with Crippen molar-refractivity contribution in [1.82, 2.24) is 0 Å². The maximum atomic E-state index is 12.0. The van der Waals surface area contributed by atoms with Crippen molar-refractivity contribution in [1.29, 1.82) is 0 Å². The van der Waals surface area contributed by atoms with Gasteiger partial charge < -0.3 is 9.47 Å². The highest BCUT2D eigenvalue weighted by Gasteiger charge is 2.32. The summed E-state index contributed by atoms with van der Waals surface area (Å²) >= 11 is 2.93. The van der Waals surface area contributed by atoms with E-state index in [9.17, 15) is 13.2 Å². The van der Waals surface area contributed by atoms with Crippen LogP contribution in [-0.2, 0) is 0 Å². The van der Waals surface area contributed by atoms with E-state index < -0.39 is 6.36 Å². The van der Waals surface area contributed by atoms with Gasteiger partial charge in [-0.25, -0.2) is 0 Å². The standard InChI is InChI=1S/C10H6BrF3O2/c1-2-5-15-7-3-4-8(11)9(6-7)16-10(12,13)14/h1,3-4,6H,5H2. The second-order valence-electron chi connectivity index (χ2n) is 2.63. The van der Waals surface area contributed by atoms with Crippen LogP contribution in [0, 0.1) is 12.3 Å². The smallest absolute Gasteiger partial charge is 0.481 e. The van der Waals surface area contributed by atoms with Crippen molar-refractivity contribution < 1.29 is 22.6 Å². The van der Waals surface area contributed by atoms with Crippen molar-refractivity contribution in [2.24, 2.45) is 0 Å². The first-order chi connectivity index (χ1) is 7.42. The molecule has 16 heavy (non-hydrogen) atoms. The fraction of sp³-hybridized carbons (Fsp3) is 0.200. The molecule has 0 heterocycles. The van der Waals surface area contributed by atoms with Crippen LogP contribution in [0.2, 0.25) is 0 Å². The predicted octanol–water partition coefficient (Wildman–Crippen LogP) is 3.36. The second-order valence-corrected chi connectivity index (χ2v) is 3.49. The Bertz CT molecular complexity index is 410. The van der Waals surface area contributed by atoms with Gasteiger partial charge in [0.2, 0.25) is 0 Å². The number of halogens is 4. The monoisotopic (exact) mass is 294 g/mol. The topological polar surface area (TPSA) is 18.5 Å². The number of hydrogen-bond acceptors (Lipinski definition) is 2. The minimum atomic E-state index is -4.74. The quantitative estimate of drug-likeness (QED) is 0.796. The van der Waals surface area contributed by atoms with E-state index in [-0.39, 0.29) is 22.6 Å². The van der Waals surface area contributed by atoms with Gasteiger partial charge in [-0.1, -0.05) is 5.92 Å². The van der Waals surface area contributed by atoms with Crippen LogP contribution in [0.15, 0.2) is 22.7 Å². The molecule has 0 spiro atoms. The molecule has 0 saturated carbocycles. The molecule has 0 fully saturated rings. The molecule has 0 unspecified atom stereocenters. The van der Waals surface area contributed by atoms with E-state index in [1.165, 1.54) is 12.1 Å². The van der Waals surface area contributed by atoms with Gasteiger partial charge in [-0.05, 0) is 28.1 Å². The van der Waals surface area contributed by atoms with Crippen LogP contribution < -0.4 is 9.47 Å². The van der Waals surface area contributed by atoms with E-state index in [0.717, 1.165) is 6.07 Å². The second kappa shape index (κ2) is 5.12.